The number of nitrogens with zero attached hydrogens (tertiary/aromatic N) is 1. The number of hydrogen-bond donors (Lipinski definition) is 1. The molecule has 168 valence electrons. The summed E-state index contributed by atoms with van der Waals surface area (Å²) in [6.45, 7) is 4.43. The van der Waals surface area contributed by atoms with Crippen molar-refractivity contribution in [3.63, 3.8) is 0 Å². The predicted octanol–water partition coefficient (Wildman–Crippen LogP) is 3.39. The molecule has 32 heavy (non-hydrogen) atoms. The van der Waals surface area contributed by atoms with E-state index in [1.54, 1.807) is 36.1 Å². The fourth-order valence-corrected chi connectivity index (χ4v) is 5.33. The van der Waals surface area contributed by atoms with Crippen LogP contribution in [0.25, 0.3) is 0 Å². The maximum atomic E-state index is 14.0. The van der Waals surface area contributed by atoms with Gasteiger partial charge in [0.2, 0.25) is 5.91 Å². The number of ether oxygens (including phenoxy) is 1. The van der Waals surface area contributed by atoms with Crippen molar-refractivity contribution in [2.24, 2.45) is 11.8 Å². The molecule has 0 unspecified atom stereocenters. The Morgan fingerprint density at radius 3 is 2.28 bits per heavy atom. The lowest BCUT2D eigenvalue weighted by Crippen LogP contribution is -2.65. The van der Waals surface area contributed by atoms with Gasteiger partial charge in [-0.2, -0.15) is 0 Å². The topological polar surface area (TPSA) is 75.7 Å². The van der Waals surface area contributed by atoms with Gasteiger partial charge in [-0.05, 0) is 31.0 Å². The molecule has 0 bridgehead atoms. The lowest BCUT2D eigenvalue weighted by Gasteiger charge is -2.45. The summed E-state index contributed by atoms with van der Waals surface area (Å²) in [6.07, 6.45) is 1.76. The molecule has 6 nitrogen and oxygen atoms in total. The molecule has 1 heterocycles. The molecule has 0 radical (unpaired) electrons. The van der Waals surface area contributed by atoms with Crippen LogP contribution in [0.2, 0.25) is 0 Å². The third-order valence-electron chi connectivity index (χ3n) is 6.90. The molecule has 5 atom stereocenters. The largest absolute Gasteiger partial charge is 0.469 e. The van der Waals surface area contributed by atoms with Crippen molar-refractivity contribution in [3.8, 4) is 0 Å². The van der Waals surface area contributed by atoms with Gasteiger partial charge in [-0.1, -0.05) is 61.9 Å². The Balaban J connectivity index is 1.77. The summed E-state index contributed by atoms with van der Waals surface area (Å²) in [7, 11) is 1.39. The molecule has 0 spiro atoms. The van der Waals surface area contributed by atoms with Gasteiger partial charge < -0.3 is 15.0 Å². The Morgan fingerprint density at radius 2 is 1.69 bits per heavy atom. The average molecular weight is 435 g/mol. The molecule has 2 aliphatic rings. The monoisotopic (exact) mass is 434 g/mol. The van der Waals surface area contributed by atoms with Gasteiger partial charge in [0.25, 0.3) is 5.91 Å². The van der Waals surface area contributed by atoms with Crippen molar-refractivity contribution in [1.29, 1.82) is 0 Å². The summed E-state index contributed by atoms with van der Waals surface area (Å²) >= 11 is 0. The smallest absolute Gasteiger partial charge is 0.311 e. The third kappa shape index (κ3) is 3.68. The number of likely N-dealkylation sites (tertiary alicyclic amines) is 1. The van der Waals surface area contributed by atoms with Gasteiger partial charge in [0.05, 0.1) is 13.0 Å². The number of rotatable bonds is 7. The highest BCUT2D eigenvalue weighted by atomic mass is 16.5. The quantitative estimate of drug-likeness (QED) is 0.678. The first-order valence-corrected chi connectivity index (χ1v) is 11.3. The first-order chi connectivity index (χ1) is 15.4. The molecule has 1 aliphatic carbocycles. The zero-order valence-electron chi connectivity index (χ0n) is 18.8. The fourth-order valence-electron chi connectivity index (χ4n) is 5.33. The molecule has 2 aromatic rings. The number of benzene rings is 2. The summed E-state index contributed by atoms with van der Waals surface area (Å²) in [4.78, 5) is 41.6. The fraction of sp³-hybridized carbons (Fsp3) is 0.423. The summed E-state index contributed by atoms with van der Waals surface area (Å²) in [5.41, 5.74) is 0.246. The number of nitrogens with one attached hydrogen (secondary N) is 1. The second-order valence-corrected chi connectivity index (χ2v) is 8.88. The number of unbranched alkanes of at least 4 members (excludes halogenated alkanes) is 1. The standard InChI is InChI=1S/C26H30N2O4/c1-4-5-16-28-22-19(20(22)24(30)32-3)21(17-12-8-6-9-13-17)26(2,25(28)31)27-23(29)18-14-10-7-11-15-18/h6-15,19-22H,4-5,16H2,1-3H3,(H,27,29)/t19-,20-,21+,22+,26-/m1/s1. The molecule has 2 fully saturated rings. The molecule has 1 saturated heterocycles. The highest BCUT2D eigenvalue weighted by Gasteiger charge is 2.71. The molecular formula is C26H30N2O4. The van der Waals surface area contributed by atoms with E-state index in [0.717, 1.165) is 18.4 Å². The van der Waals surface area contributed by atoms with Crippen LogP contribution in [0.1, 0.15) is 48.5 Å². The highest BCUT2D eigenvalue weighted by Crippen LogP contribution is 2.59. The van der Waals surface area contributed by atoms with Crippen LogP contribution in [0.15, 0.2) is 60.7 Å². The minimum Gasteiger partial charge on any atom is -0.469 e. The molecule has 6 heteroatoms. The van der Waals surface area contributed by atoms with Crippen LogP contribution in [-0.4, -0.2) is 47.9 Å². The molecular weight excluding hydrogens is 404 g/mol. The molecule has 2 aromatic carbocycles. The van der Waals surface area contributed by atoms with Crippen LogP contribution in [0, 0.1) is 11.8 Å². The van der Waals surface area contributed by atoms with Gasteiger partial charge in [-0.3, -0.25) is 14.4 Å². The van der Waals surface area contributed by atoms with Gasteiger partial charge in [-0.25, -0.2) is 0 Å². The van der Waals surface area contributed by atoms with Crippen molar-refractivity contribution >= 4 is 17.8 Å². The van der Waals surface area contributed by atoms with E-state index in [0.29, 0.717) is 12.1 Å². The highest BCUT2D eigenvalue weighted by molar-refractivity contribution is 6.01. The number of carbonyl (C=O) groups is 3. The van der Waals surface area contributed by atoms with Gasteiger partial charge in [-0.15, -0.1) is 0 Å². The van der Waals surface area contributed by atoms with Crippen LogP contribution in [0.3, 0.4) is 0 Å². The number of hydrogen-bond acceptors (Lipinski definition) is 4. The molecule has 1 N–H and O–H groups in total. The zero-order chi connectivity index (χ0) is 22.9. The van der Waals surface area contributed by atoms with Crippen molar-refractivity contribution in [1.82, 2.24) is 10.2 Å². The molecule has 4 rings (SSSR count). The van der Waals surface area contributed by atoms with Gasteiger partial charge in [0.15, 0.2) is 0 Å². The first kappa shape index (κ1) is 22.1. The molecule has 0 aromatic heterocycles. The lowest BCUT2D eigenvalue weighted by molar-refractivity contribution is -0.143. The Kier molecular flexibility index (Phi) is 6.04. The van der Waals surface area contributed by atoms with Crippen molar-refractivity contribution in [2.45, 2.75) is 44.2 Å². The summed E-state index contributed by atoms with van der Waals surface area (Å²) < 4.78 is 5.09. The minimum atomic E-state index is -1.19. The van der Waals surface area contributed by atoms with E-state index in [9.17, 15) is 14.4 Å². The minimum absolute atomic E-state index is 0.111. The maximum absolute atomic E-state index is 14.0. The average Bonchev–Trinajstić information content (AvgIpc) is 3.54. The van der Waals surface area contributed by atoms with Crippen LogP contribution in [-0.2, 0) is 14.3 Å². The number of carbonyl (C=O) groups excluding carboxylic acids is 3. The second-order valence-electron chi connectivity index (χ2n) is 8.88. The second kappa shape index (κ2) is 8.77. The normalized spacial score (nSPS) is 28.6. The van der Waals surface area contributed by atoms with E-state index in [2.05, 4.69) is 12.2 Å². The number of methoxy groups -OCH3 is 1. The SMILES string of the molecule is CCCCN1C(=O)[C@](C)(NC(=O)c2ccccc2)[C@@H](c2ccccc2)[C@H]2[C@@H](C(=O)OC)[C@H]21. The van der Waals surface area contributed by atoms with E-state index < -0.39 is 5.54 Å². The summed E-state index contributed by atoms with van der Waals surface area (Å²) in [6, 6.07) is 18.4. The molecule has 1 saturated carbocycles. The first-order valence-electron chi connectivity index (χ1n) is 11.3. The van der Waals surface area contributed by atoms with E-state index >= 15 is 0 Å². The van der Waals surface area contributed by atoms with Crippen molar-refractivity contribution in [3.05, 3.63) is 71.8 Å². The number of fused-ring (bicyclic) bond motifs is 1. The summed E-state index contributed by atoms with van der Waals surface area (Å²) in [5, 5.41) is 3.07. The molecule has 2 amide bonds. The predicted molar refractivity (Wildman–Crippen MR) is 121 cm³/mol. The van der Waals surface area contributed by atoms with Crippen LogP contribution >= 0.6 is 0 Å². The Labute approximate surface area is 188 Å². The third-order valence-corrected chi connectivity index (χ3v) is 6.90. The summed E-state index contributed by atoms with van der Waals surface area (Å²) in [5.74, 6) is -1.57. The zero-order valence-corrected chi connectivity index (χ0v) is 18.8. The number of piperidine rings is 1. The Morgan fingerprint density at radius 1 is 1.06 bits per heavy atom. The Hall–Kier alpha value is -3.15. The van der Waals surface area contributed by atoms with Crippen LogP contribution in [0.5, 0.6) is 0 Å². The van der Waals surface area contributed by atoms with E-state index in [1.807, 2.05) is 36.4 Å². The molecule has 1 aliphatic heterocycles. The lowest BCUT2D eigenvalue weighted by atomic mass is 9.73. The Bertz CT molecular complexity index is 993. The van der Waals surface area contributed by atoms with E-state index in [4.69, 9.17) is 4.74 Å². The van der Waals surface area contributed by atoms with Crippen LogP contribution < -0.4 is 5.32 Å². The van der Waals surface area contributed by atoms with Gasteiger partial charge in [0.1, 0.15) is 5.54 Å². The maximum Gasteiger partial charge on any atom is 0.311 e. The van der Waals surface area contributed by atoms with Gasteiger partial charge >= 0.3 is 5.97 Å². The van der Waals surface area contributed by atoms with E-state index in [1.165, 1.54) is 7.11 Å². The van der Waals surface area contributed by atoms with Crippen molar-refractivity contribution < 1.29 is 19.1 Å². The van der Waals surface area contributed by atoms with Gasteiger partial charge in [0, 0.05) is 30.0 Å². The van der Waals surface area contributed by atoms with E-state index in [-0.39, 0.29) is 41.6 Å². The number of amides is 2. The van der Waals surface area contributed by atoms with Crippen molar-refractivity contribution in [2.75, 3.05) is 13.7 Å². The van der Waals surface area contributed by atoms with Crippen LogP contribution in [0.4, 0.5) is 0 Å². The number of esters is 1.